The Morgan fingerprint density at radius 2 is 1.95 bits per heavy atom. The number of pyridine rings is 1. The standard InChI is InChI=1S/C14H16N2O3/c1-14(2,13(18)19)16(3)11-8-9-6-4-5-7-10(9)12(17)15-11/h4-8H,1-3H3,(H,15,17)(H,18,19). The summed E-state index contributed by atoms with van der Waals surface area (Å²) in [5, 5.41) is 10.6. The Kier molecular flexibility index (Phi) is 3.06. The van der Waals surface area contributed by atoms with Crippen molar-refractivity contribution in [3.8, 4) is 0 Å². The number of rotatable bonds is 3. The number of likely N-dealkylation sites (N-methyl/N-ethyl adjacent to an activating group) is 1. The average Bonchev–Trinajstić information content (AvgIpc) is 2.37. The lowest BCUT2D eigenvalue weighted by Gasteiger charge is -2.33. The number of carboxylic acids is 1. The number of nitrogens with one attached hydrogen (secondary N) is 1. The molecule has 0 aliphatic heterocycles. The molecule has 2 aromatic rings. The van der Waals surface area contributed by atoms with E-state index in [0.29, 0.717) is 11.2 Å². The monoisotopic (exact) mass is 260 g/mol. The van der Waals surface area contributed by atoms with Crippen molar-refractivity contribution in [1.29, 1.82) is 0 Å². The fourth-order valence-electron chi connectivity index (χ4n) is 1.82. The van der Waals surface area contributed by atoms with Gasteiger partial charge in [-0.1, -0.05) is 18.2 Å². The van der Waals surface area contributed by atoms with Crippen LogP contribution >= 0.6 is 0 Å². The van der Waals surface area contributed by atoms with Crippen LogP contribution in [-0.2, 0) is 4.79 Å². The number of nitrogens with zero attached hydrogens (tertiary/aromatic N) is 1. The van der Waals surface area contributed by atoms with Gasteiger partial charge in [0.25, 0.3) is 5.56 Å². The molecule has 0 unspecified atom stereocenters. The Balaban J connectivity index is 2.58. The summed E-state index contributed by atoms with van der Waals surface area (Å²) in [6.07, 6.45) is 0. The first-order valence-corrected chi connectivity index (χ1v) is 5.93. The van der Waals surface area contributed by atoms with Gasteiger partial charge in [-0.3, -0.25) is 4.79 Å². The molecule has 0 fully saturated rings. The first-order chi connectivity index (χ1) is 8.84. The maximum Gasteiger partial charge on any atom is 0.328 e. The fraction of sp³-hybridized carbons (Fsp3) is 0.286. The molecular formula is C14H16N2O3. The van der Waals surface area contributed by atoms with Gasteiger partial charge < -0.3 is 15.0 Å². The van der Waals surface area contributed by atoms with Gasteiger partial charge >= 0.3 is 5.97 Å². The van der Waals surface area contributed by atoms with Crippen molar-refractivity contribution in [3.63, 3.8) is 0 Å². The summed E-state index contributed by atoms with van der Waals surface area (Å²) < 4.78 is 0. The van der Waals surface area contributed by atoms with E-state index in [1.165, 1.54) is 0 Å². The van der Waals surface area contributed by atoms with Gasteiger partial charge in [-0.05, 0) is 31.4 Å². The van der Waals surface area contributed by atoms with E-state index in [4.69, 9.17) is 0 Å². The summed E-state index contributed by atoms with van der Waals surface area (Å²) in [6.45, 7) is 3.17. The Labute approximate surface area is 110 Å². The van der Waals surface area contributed by atoms with Crippen molar-refractivity contribution >= 4 is 22.6 Å². The average molecular weight is 260 g/mol. The maximum atomic E-state index is 12.0. The van der Waals surface area contributed by atoms with Crippen LogP contribution in [0.3, 0.4) is 0 Å². The van der Waals surface area contributed by atoms with E-state index in [1.54, 1.807) is 44.0 Å². The first-order valence-electron chi connectivity index (χ1n) is 5.93. The number of anilines is 1. The molecule has 19 heavy (non-hydrogen) atoms. The molecule has 0 saturated carbocycles. The minimum Gasteiger partial charge on any atom is -0.480 e. The van der Waals surface area contributed by atoms with Crippen molar-refractivity contribution in [2.24, 2.45) is 0 Å². The molecule has 0 amide bonds. The lowest BCUT2D eigenvalue weighted by molar-refractivity contribution is -0.142. The number of hydrogen-bond donors (Lipinski definition) is 2. The number of aromatic amines is 1. The lowest BCUT2D eigenvalue weighted by atomic mass is 10.0. The molecule has 2 N–H and O–H groups in total. The van der Waals surface area contributed by atoms with Gasteiger partial charge in [0.05, 0.1) is 0 Å². The van der Waals surface area contributed by atoms with Gasteiger partial charge in [0, 0.05) is 12.4 Å². The van der Waals surface area contributed by atoms with Crippen LogP contribution in [0.2, 0.25) is 0 Å². The zero-order valence-corrected chi connectivity index (χ0v) is 11.1. The molecule has 5 nitrogen and oxygen atoms in total. The number of carbonyl (C=O) groups is 1. The Morgan fingerprint density at radius 1 is 1.32 bits per heavy atom. The summed E-state index contributed by atoms with van der Waals surface area (Å²) in [5.74, 6) is -0.472. The van der Waals surface area contributed by atoms with E-state index in [1.807, 2.05) is 12.1 Å². The normalized spacial score (nSPS) is 11.5. The third-order valence-electron chi connectivity index (χ3n) is 3.46. The van der Waals surface area contributed by atoms with Gasteiger partial charge in [-0.2, -0.15) is 0 Å². The zero-order chi connectivity index (χ0) is 14.2. The second kappa shape index (κ2) is 4.42. The van der Waals surface area contributed by atoms with Crippen LogP contribution in [0.5, 0.6) is 0 Å². The van der Waals surface area contributed by atoms with E-state index in [9.17, 15) is 14.7 Å². The zero-order valence-electron chi connectivity index (χ0n) is 11.1. The van der Waals surface area contributed by atoms with Gasteiger partial charge in [0.1, 0.15) is 11.4 Å². The highest BCUT2D eigenvalue weighted by Gasteiger charge is 2.32. The molecule has 0 atom stereocenters. The minimum atomic E-state index is -1.11. The number of H-pyrrole nitrogens is 1. The summed E-state index contributed by atoms with van der Waals surface area (Å²) in [7, 11) is 1.65. The van der Waals surface area contributed by atoms with Crippen molar-refractivity contribution in [1.82, 2.24) is 4.98 Å². The molecule has 2 rings (SSSR count). The highest BCUT2D eigenvalue weighted by atomic mass is 16.4. The molecule has 0 aliphatic carbocycles. The Bertz CT molecular complexity index is 688. The number of hydrogen-bond acceptors (Lipinski definition) is 3. The summed E-state index contributed by atoms with van der Waals surface area (Å²) in [5.41, 5.74) is -1.33. The number of aliphatic carboxylic acids is 1. The predicted octanol–water partition coefficient (Wildman–Crippen LogP) is 1.83. The van der Waals surface area contributed by atoms with Crippen LogP contribution in [0, 0.1) is 0 Å². The van der Waals surface area contributed by atoms with E-state index in [0.717, 1.165) is 5.39 Å². The largest absolute Gasteiger partial charge is 0.480 e. The van der Waals surface area contributed by atoms with Crippen LogP contribution in [-0.4, -0.2) is 28.6 Å². The van der Waals surface area contributed by atoms with Crippen molar-refractivity contribution in [2.75, 3.05) is 11.9 Å². The minimum absolute atomic E-state index is 0.221. The SMILES string of the molecule is CN(c1cc2ccccc2c(=O)[nH]1)C(C)(C)C(=O)O. The van der Waals surface area contributed by atoms with Gasteiger partial charge in [-0.25, -0.2) is 4.79 Å². The van der Waals surface area contributed by atoms with E-state index < -0.39 is 11.5 Å². The molecule has 0 bridgehead atoms. The number of aromatic nitrogens is 1. The molecular weight excluding hydrogens is 244 g/mol. The summed E-state index contributed by atoms with van der Waals surface area (Å²) in [6, 6.07) is 8.98. The van der Waals surface area contributed by atoms with Crippen molar-refractivity contribution in [2.45, 2.75) is 19.4 Å². The van der Waals surface area contributed by atoms with E-state index in [-0.39, 0.29) is 5.56 Å². The molecule has 0 aliphatic rings. The molecule has 0 saturated heterocycles. The summed E-state index contributed by atoms with van der Waals surface area (Å²) >= 11 is 0. The van der Waals surface area contributed by atoms with Crippen LogP contribution in [0.1, 0.15) is 13.8 Å². The number of fused-ring (bicyclic) bond motifs is 1. The summed E-state index contributed by atoms with van der Waals surface area (Å²) in [4.78, 5) is 27.5. The molecule has 1 aromatic carbocycles. The molecule has 0 spiro atoms. The maximum absolute atomic E-state index is 12.0. The lowest BCUT2D eigenvalue weighted by Crippen LogP contribution is -2.48. The quantitative estimate of drug-likeness (QED) is 0.883. The second-order valence-electron chi connectivity index (χ2n) is 4.99. The smallest absolute Gasteiger partial charge is 0.328 e. The van der Waals surface area contributed by atoms with Gasteiger partial charge in [0.2, 0.25) is 0 Å². The third kappa shape index (κ3) is 2.19. The number of carboxylic acid groups (broad SMARTS) is 1. The molecule has 5 heteroatoms. The third-order valence-corrected chi connectivity index (χ3v) is 3.46. The molecule has 1 aromatic heterocycles. The van der Waals surface area contributed by atoms with Crippen LogP contribution in [0.25, 0.3) is 10.8 Å². The van der Waals surface area contributed by atoms with Crippen LogP contribution in [0.15, 0.2) is 35.1 Å². The highest BCUT2D eigenvalue weighted by Crippen LogP contribution is 2.22. The first kappa shape index (κ1) is 13.1. The fourth-order valence-corrected chi connectivity index (χ4v) is 1.82. The second-order valence-corrected chi connectivity index (χ2v) is 4.99. The Hall–Kier alpha value is -2.30. The van der Waals surface area contributed by atoms with Gasteiger partial charge in [0.15, 0.2) is 0 Å². The van der Waals surface area contributed by atoms with Crippen molar-refractivity contribution < 1.29 is 9.90 Å². The molecule has 100 valence electrons. The van der Waals surface area contributed by atoms with Crippen molar-refractivity contribution in [3.05, 3.63) is 40.7 Å². The topological polar surface area (TPSA) is 73.4 Å². The predicted molar refractivity (Wildman–Crippen MR) is 74.7 cm³/mol. The van der Waals surface area contributed by atoms with Gasteiger partial charge in [-0.15, -0.1) is 0 Å². The van der Waals surface area contributed by atoms with Crippen LogP contribution in [0.4, 0.5) is 5.82 Å². The van der Waals surface area contributed by atoms with Crippen LogP contribution < -0.4 is 10.5 Å². The molecule has 0 radical (unpaired) electrons. The van der Waals surface area contributed by atoms with E-state index in [2.05, 4.69) is 4.98 Å². The highest BCUT2D eigenvalue weighted by molar-refractivity contribution is 5.86. The van der Waals surface area contributed by atoms with E-state index >= 15 is 0 Å². The Morgan fingerprint density at radius 3 is 2.58 bits per heavy atom. The molecule has 1 heterocycles. The number of benzene rings is 1.